The van der Waals surface area contributed by atoms with Crippen LogP contribution in [0.4, 0.5) is 0 Å². The van der Waals surface area contributed by atoms with Gasteiger partial charge in [0.1, 0.15) is 12.6 Å². The molecule has 2 N–H and O–H groups in total. The standard InChI is InChI=1S/C30H30BrN3O4/c1-5-16-38-28-24(31)17-21(18-25(28)37-4)19-32-34-30(36)27(20(2)3)33-29(35)26(22-12-8-6-9-13-22)23-14-10-7-11-15-23/h1,6-15,17-20,26-27H,16H2,2-4H3,(H,33,35)(H,34,36)/b32-19-/t27-/m0/s1. The summed E-state index contributed by atoms with van der Waals surface area (Å²) in [5.74, 6) is 1.91. The average molecular weight is 576 g/mol. The summed E-state index contributed by atoms with van der Waals surface area (Å²) < 4.78 is 11.5. The van der Waals surface area contributed by atoms with Gasteiger partial charge in [-0.1, -0.05) is 80.4 Å². The Morgan fingerprint density at radius 1 is 1.03 bits per heavy atom. The van der Waals surface area contributed by atoms with Crippen LogP contribution in [0.2, 0.25) is 0 Å². The van der Waals surface area contributed by atoms with Crippen LogP contribution in [0, 0.1) is 18.3 Å². The third-order valence-corrected chi connectivity index (χ3v) is 6.30. The first-order valence-electron chi connectivity index (χ1n) is 12.0. The Labute approximate surface area is 231 Å². The largest absolute Gasteiger partial charge is 0.493 e. The van der Waals surface area contributed by atoms with E-state index in [9.17, 15) is 9.59 Å². The maximum Gasteiger partial charge on any atom is 0.262 e. The molecule has 0 fully saturated rings. The number of ether oxygens (including phenoxy) is 2. The smallest absolute Gasteiger partial charge is 0.262 e. The van der Waals surface area contributed by atoms with Gasteiger partial charge < -0.3 is 14.8 Å². The van der Waals surface area contributed by atoms with E-state index in [1.807, 2.05) is 74.5 Å². The fraction of sp³-hybridized carbons (Fsp3) is 0.233. The Balaban J connectivity index is 1.75. The van der Waals surface area contributed by atoms with Crippen LogP contribution in [0.15, 0.2) is 82.4 Å². The molecule has 2 amide bonds. The van der Waals surface area contributed by atoms with Crippen molar-refractivity contribution in [2.24, 2.45) is 11.0 Å². The van der Waals surface area contributed by atoms with Crippen LogP contribution >= 0.6 is 15.9 Å². The van der Waals surface area contributed by atoms with Crippen LogP contribution in [0.3, 0.4) is 0 Å². The van der Waals surface area contributed by atoms with Crippen molar-refractivity contribution in [1.82, 2.24) is 10.7 Å². The van der Waals surface area contributed by atoms with Gasteiger partial charge in [-0.25, -0.2) is 5.43 Å². The van der Waals surface area contributed by atoms with Gasteiger partial charge in [-0.15, -0.1) is 6.42 Å². The van der Waals surface area contributed by atoms with E-state index in [-0.39, 0.29) is 18.4 Å². The van der Waals surface area contributed by atoms with Crippen molar-refractivity contribution in [3.63, 3.8) is 0 Å². The highest BCUT2D eigenvalue weighted by Crippen LogP contribution is 2.36. The highest BCUT2D eigenvalue weighted by atomic mass is 79.9. The molecule has 8 heteroatoms. The molecule has 0 unspecified atom stereocenters. The molecule has 38 heavy (non-hydrogen) atoms. The van der Waals surface area contributed by atoms with Gasteiger partial charge in [0.05, 0.1) is 23.7 Å². The molecule has 3 aromatic rings. The Bertz CT molecular complexity index is 1260. The zero-order valence-corrected chi connectivity index (χ0v) is 23.1. The van der Waals surface area contributed by atoms with Gasteiger partial charge in [-0.3, -0.25) is 9.59 Å². The highest BCUT2D eigenvalue weighted by Gasteiger charge is 2.29. The maximum atomic E-state index is 13.5. The second-order valence-electron chi connectivity index (χ2n) is 8.75. The van der Waals surface area contributed by atoms with Gasteiger partial charge in [0.2, 0.25) is 5.91 Å². The van der Waals surface area contributed by atoms with Crippen molar-refractivity contribution < 1.29 is 19.1 Å². The number of methoxy groups -OCH3 is 1. The average Bonchev–Trinajstić information content (AvgIpc) is 2.92. The van der Waals surface area contributed by atoms with E-state index in [2.05, 4.69) is 37.7 Å². The predicted molar refractivity (Wildman–Crippen MR) is 152 cm³/mol. The molecule has 196 valence electrons. The first kappa shape index (κ1) is 28.5. The quantitative estimate of drug-likeness (QED) is 0.193. The summed E-state index contributed by atoms with van der Waals surface area (Å²) in [5, 5.41) is 7.03. The molecule has 0 aromatic heterocycles. The second-order valence-corrected chi connectivity index (χ2v) is 9.60. The number of hydrazone groups is 1. The van der Waals surface area contributed by atoms with E-state index in [4.69, 9.17) is 15.9 Å². The van der Waals surface area contributed by atoms with Crippen LogP contribution in [-0.4, -0.2) is 37.8 Å². The zero-order chi connectivity index (χ0) is 27.5. The minimum Gasteiger partial charge on any atom is -0.493 e. The van der Waals surface area contributed by atoms with Crippen molar-refractivity contribution in [2.75, 3.05) is 13.7 Å². The minimum atomic E-state index is -0.796. The normalized spacial score (nSPS) is 11.7. The number of terminal acetylenes is 1. The Kier molecular flexibility index (Phi) is 10.5. The molecule has 0 saturated carbocycles. The fourth-order valence-electron chi connectivity index (χ4n) is 3.87. The summed E-state index contributed by atoms with van der Waals surface area (Å²) in [5.41, 5.74) is 4.88. The molecule has 0 aliphatic heterocycles. The van der Waals surface area contributed by atoms with Gasteiger partial charge in [-0.2, -0.15) is 5.10 Å². The van der Waals surface area contributed by atoms with E-state index in [0.29, 0.717) is 21.5 Å². The van der Waals surface area contributed by atoms with Crippen molar-refractivity contribution in [3.8, 4) is 23.8 Å². The number of carbonyl (C=O) groups excluding carboxylic acids is 2. The molecule has 0 saturated heterocycles. The number of hydrogen-bond acceptors (Lipinski definition) is 5. The Morgan fingerprint density at radius 2 is 1.63 bits per heavy atom. The van der Waals surface area contributed by atoms with E-state index in [1.165, 1.54) is 13.3 Å². The van der Waals surface area contributed by atoms with Gasteiger partial charge in [0, 0.05) is 0 Å². The summed E-state index contributed by atoms with van der Waals surface area (Å²) in [4.78, 5) is 26.6. The lowest BCUT2D eigenvalue weighted by Crippen LogP contribution is -2.50. The monoisotopic (exact) mass is 575 g/mol. The Morgan fingerprint density at radius 3 is 2.16 bits per heavy atom. The lowest BCUT2D eigenvalue weighted by molar-refractivity contribution is -0.130. The molecule has 0 radical (unpaired) electrons. The topological polar surface area (TPSA) is 89.0 Å². The summed E-state index contributed by atoms with van der Waals surface area (Å²) in [6.45, 7) is 3.83. The number of nitrogens with zero attached hydrogens (tertiary/aromatic N) is 1. The molecule has 7 nitrogen and oxygen atoms in total. The Hall–Kier alpha value is -4.09. The summed E-state index contributed by atoms with van der Waals surface area (Å²) in [6.07, 6.45) is 6.75. The fourth-order valence-corrected chi connectivity index (χ4v) is 4.44. The molecule has 3 rings (SSSR count). The summed E-state index contributed by atoms with van der Waals surface area (Å²) in [7, 11) is 1.52. The van der Waals surface area contributed by atoms with Gasteiger partial charge >= 0.3 is 0 Å². The van der Waals surface area contributed by atoms with Gasteiger partial charge in [-0.05, 0) is 50.7 Å². The molecule has 0 bridgehead atoms. The van der Waals surface area contributed by atoms with E-state index in [0.717, 1.165) is 11.1 Å². The van der Waals surface area contributed by atoms with Gasteiger partial charge in [0.15, 0.2) is 11.5 Å². The predicted octanol–water partition coefficient (Wildman–Crippen LogP) is 4.89. The van der Waals surface area contributed by atoms with E-state index >= 15 is 0 Å². The van der Waals surface area contributed by atoms with Crippen molar-refractivity contribution in [2.45, 2.75) is 25.8 Å². The number of rotatable bonds is 11. The zero-order valence-electron chi connectivity index (χ0n) is 21.5. The number of benzene rings is 3. The lowest BCUT2D eigenvalue weighted by Gasteiger charge is -2.24. The molecular weight excluding hydrogens is 546 g/mol. The lowest BCUT2D eigenvalue weighted by atomic mass is 9.89. The molecule has 0 aliphatic rings. The van der Waals surface area contributed by atoms with Crippen LogP contribution in [0.25, 0.3) is 0 Å². The molecule has 1 atom stereocenters. The van der Waals surface area contributed by atoms with Crippen molar-refractivity contribution in [1.29, 1.82) is 0 Å². The van der Waals surface area contributed by atoms with Crippen LogP contribution < -0.4 is 20.2 Å². The summed E-state index contributed by atoms with van der Waals surface area (Å²) in [6, 6.07) is 21.6. The van der Waals surface area contributed by atoms with Crippen molar-refractivity contribution in [3.05, 3.63) is 94.0 Å². The molecular formula is C30H30BrN3O4. The molecule has 3 aromatic carbocycles. The summed E-state index contributed by atoms with van der Waals surface area (Å²) >= 11 is 3.44. The van der Waals surface area contributed by atoms with Crippen LogP contribution in [0.1, 0.15) is 36.5 Å². The number of amides is 2. The number of hydrogen-bond donors (Lipinski definition) is 2. The number of nitrogens with one attached hydrogen (secondary N) is 2. The van der Waals surface area contributed by atoms with E-state index in [1.54, 1.807) is 12.1 Å². The molecule has 0 aliphatic carbocycles. The van der Waals surface area contributed by atoms with Crippen LogP contribution in [-0.2, 0) is 9.59 Å². The van der Waals surface area contributed by atoms with E-state index < -0.39 is 17.9 Å². The first-order valence-corrected chi connectivity index (χ1v) is 12.8. The molecule has 0 spiro atoms. The third kappa shape index (κ3) is 7.46. The minimum absolute atomic E-state index is 0.0934. The van der Waals surface area contributed by atoms with Gasteiger partial charge in [0.25, 0.3) is 5.91 Å². The maximum absolute atomic E-state index is 13.5. The highest BCUT2D eigenvalue weighted by molar-refractivity contribution is 9.10. The second kappa shape index (κ2) is 14.0. The number of carbonyl (C=O) groups is 2. The van der Waals surface area contributed by atoms with Crippen LogP contribution in [0.5, 0.6) is 11.5 Å². The van der Waals surface area contributed by atoms with Crippen molar-refractivity contribution >= 4 is 34.0 Å². The third-order valence-electron chi connectivity index (χ3n) is 5.71. The SMILES string of the molecule is C#CCOc1c(Br)cc(/C=N\NC(=O)[C@@H](NC(=O)C(c2ccccc2)c2ccccc2)C(C)C)cc1OC. The molecule has 0 heterocycles. The number of halogens is 1. The first-order chi connectivity index (χ1) is 18.3.